The van der Waals surface area contributed by atoms with Crippen LogP contribution < -0.4 is 10.6 Å². The molecule has 3 rings (SSSR count). The van der Waals surface area contributed by atoms with Gasteiger partial charge in [0.2, 0.25) is 5.91 Å². The summed E-state index contributed by atoms with van der Waals surface area (Å²) < 4.78 is 0. The van der Waals surface area contributed by atoms with E-state index in [2.05, 4.69) is 25.9 Å². The number of aliphatic imine (C=N–C) groups is 1. The summed E-state index contributed by atoms with van der Waals surface area (Å²) in [6.07, 6.45) is 9.19. The van der Waals surface area contributed by atoms with E-state index in [-0.39, 0.29) is 17.7 Å². The molecule has 0 aromatic rings. The van der Waals surface area contributed by atoms with Crippen LogP contribution in [0.25, 0.3) is 0 Å². The monoisotopic (exact) mass is 301 g/mol. The zero-order valence-electron chi connectivity index (χ0n) is 12.3. The molecule has 7 heteroatoms. The second-order valence-corrected chi connectivity index (χ2v) is 5.60. The molecule has 1 atom stereocenters. The molecular weight excluding hydrogens is 282 g/mol. The molecule has 7 nitrogen and oxygen atoms in total. The van der Waals surface area contributed by atoms with E-state index in [0.29, 0.717) is 18.9 Å². The number of fused-ring (bicyclic) bond motifs is 1. The number of azo groups is 1. The van der Waals surface area contributed by atoms with E-state index in [1.54, 1.807) is 12.3 Å². The number of hydrogen-bond acceptors (Lipinski definition) is 5. The lowest BCUT2D eigenvalue weighted by Crippen LogP contribution is -2.36. The van der Waals surface area contributed by atoms with Crippen LogP contribution in [0.3, 0.4) is 0 Å². The fourth-order valence-corrected chi connectivity index (χ4v) is 2.53. The van der Waals surface area contributed by atoms with Gasteiger partial charge in [0.15, 0.2) is 11.9 Å². The maximum absolute atomic E-state index is 11.7. The van der Waals surface area contributed by atoms with Gasteiger partial charge >= 0.3 is 0 Å². The Hall–Kier alpha value is -2.31. The smallest absolute Gasteiger partial charge is 0.293 e. The minimum Gasteiger partial charge on any atom is -0.368 e. The van der Waals surface area contributed by atoms with Crippen molar-refractivity contribution in [3.05, 3.63) is 23.5 Å². The number of nitrogens with one attached hydrogen (secondary N) is 2. The standard InChI is InChI=1S/C15H19N5O2/c21-14(10-4-1-5-10)18-9-3-8-17-13-11-6-2-7-16-12(11)15(22)20-19-13/h2,6-7,10,12,17H,1,3-5,8-9H2,(H,18,21). The molecule has 1 saturated carbocycles. The Bertz CT molecular complexity index is 587. The van der Waals surface area contributed by atoms with E-state index < -0.39 is 6.04 Å². The van der Waals surface area contributed by atoms with Crippen LogP contribution in [0.15, 0.2) is 38.8 Å². The molecule has 0 saturated heterocycles. The van der Waals surface area contributed by atoms with Gasteiger partial charge in [-0.15, -0.1) is 10.2 Å². The Labute approximate surface area is 128 Å². The summed E-state index contributed by atoms with van der Waals surface area (Å²) in [6, 6.07) is -0.566. The van der Waals surface area contributed by atoms with Gasteiger partial charge in [-0.25, -0.2) is 0 Å². The molecule has 2 heterocycles. The Morgan fingerprint density at radius 2 is 2.14 bits per heavy atom. The van der Waals surface area contributed by atoms with E-state index in [1.165, 1.54) is 0 Å². The van der Waals surface area contributed by atoms with E-state index in [4.69, 9.17) is 0 Å². The van der Waals surface area contributed by atoms with E-state index in [1.807, 2.05) is 6.08 Å². The second-order valence-electron chi connectivity index (χ2n) is 5.60. The minimum atomic E-state index is -0.566. The summed E-state index contributed by atoms with van der Waals surface area (Å²) in [4.78, 5) is 27.4. The van der Waals surface area contributed by atoms with Crippen LogP contribution in [0.2, 0.25) is 0 Å². The average Bonchev–Trinajstić information content (AvgIpc) is 2.47. The van der Waals surface area contributed by atoms with Gasteiger partial charge in [0.25, 0.3) is 5.91 Å². The Morgan fingerprint density at radius 3 is 2.91 bits per heavy atom. The lowest BCUT2D eigenvalue weighted by atomic mass is 9.85. The highest BCUT2D eigenvalue weighted by Crippen LogP contribution is 2.26. The van der Waals surface area contributed by atoms with E-state index >= 15 is 0 Å². The van der Waals surface area contributed by atoms with Crippen molar-refractivity contribution >= 4 is 18.0 Å². The number of rotatable bonds is 6. The van der Waals surface area contributed by atoms with Crippen molar-refractivity contribution in [2.45, 2.75) is 31.7 Å². The van der Waals surface area contributed by atoms with Crippen LogP contribution in [0.5, 0.6) is 0 Å². The molecule has 22 heavy (non-hydrogen) atoms. The summed E-state index contributed by atoms with van der Waals surface area (Å²) in [5, 5.41) is 13.6. The zero-order chi connectivity index (χ0) is 15.4. The predicted molar refractivity (Wildman–Crippen MR) is 81.3 cm³/mol. The first-order valence-electron chi connectivity index (χ1n) is 7.67. The molecule has 3 aliphatic rings. The largest absolute Gasteiger partial charge is 0.368 e. The quantitative estimate of drug-likeness (QED) is 0.719. The third-order valence-corrected chi connectivity index (χ3v) is 4.07. The van der Waals surface area contributed by atoms with Crippen LogP contribution in [-0.2, 0) is 9.59 Å². The summed E-state index contributed by atoms with van der Waals surface area (Å²) in [6.45, 7) is 1.29. The Kier molecular flexibility index (Phi) is 4.41. The molecule has 1 unspecified atom stereocenters. The van der Waals surface area contributed by atoms with Gasteiger partial charge in [-0.3, -0.25) is 14.6 Å². The Balaban J connectivity index is 1.44. The fraction of sp³-hybridized carbons (Fsp3) is 0.533. The molecule has 2 N–H and O–H groups in total. The topological polar surface area (TPSA) is 95.3 Å². The third-order valence-electron chi connectivity index (χ3n) is 4.07. The molecule has 2 aliphatic heterocycles. The molecule has 0 bridgehead atoms. The van der Waals surface area contributed by atoms with Crippen LogP contribution in [-0.4, -0.2) is 37.2 Å². The number of dihydropyridines is 1. The summed E-state index contributed by atoms with van der Waals surface area (Å²) >= 11 is 0. The van der Waals surface area contributed by atoms with Gasteiger partial charge in [-0.1, -0.05) is 12.5 Å². The van der Waals surface area contributed by atoms with Gasteiger partial charge < -0.3 is 10.6 Å². The average molecular weight is 301 g/mol. The second kappa shape index (κ2) is 6.64. The summed E-state index contributed by atoms with van der Waals surface area (Å²) in [5.41, 5.74) is 0.751. The first kappa shape index (κ1) is 14.6. The molecule has 2 amide bonds. The van der Waals surface area contributed by atoms with Crippen molar-refractivity contribution in [3.8, 4) is 0 Å². The van der Waals surface area contributed by atoms with Gasteiger partial charge in [-0.2, -0.15) is 0 Å². The number of nitrogens with zero attached hydrogens (tertiary/aromatic N) is 3. The number of amides is 2. The van der Waals surface area contributed by atoms with Crippen molar-refractivity contribution in [1.82, 2.24) is 10.6 Å². The zero-order valence-corrected chi connectivity index (χ0v) is 12.3. The Morgan fingerprint density at radius 1 is 1.27 bits per heavy atom. The number of hydrogen-bond donors (Lipinski definition) is 2. The normalized spacial score (nSPS) is 23.3. The SMILES string of the molecule is O=C(NCCCNC1=C2C=CC=NC2C(=O)N=N1)C1CCC1. The molecule has 1 fully saturated rings. The molecular formula is C15H19N5O2. The van der Waals surface area contributed by atoms with Crippen LogP contribution in [0, 0.1) is 5.92 Å². The highest BCUT2D eigenvalue weighted by atomic mass is 16.2. The van der Waals surface area contributed by atoms with Crippen LogP contribution in [0.4, 0.5) is 0 Å². The first-order chi connectivity index (χ1) is 10.8. The summed E-state index contributed by atoms with van der Waals surface area (Å²) in [5.74, 6) is 0.639. The van der Waals surface area contributed by atoms with Crippen molar-refractivity contribution in [1.29, 1.82) is 0 Å². The lowest BCUT2D eigenvalue weighted by molar-refractivity contribution is -0.127. The molecule has 0 aromatic heterocycles. The molecule has 0 spiro atoms. The van der Waals surface area contributed by atoms with E-state index in [9.17, 15) is 9.59 Å². The number of carbonyl (C=O) groups excluding carboxylic acids is 2. The van der Waals surface area contributed by atoms with E-state index in [0.717, 1.165) is 31.3 Å². The number of carbonyl (C=O) groups is 2. The highest BCUT2D eigenvalue weighted by Gasteiger charge is 2.28. The molecule has 0 aromatic carbocycles. The highest BCUT2D eigenvalue weighted by molar-refractivity contribution is 5.91. The van der Waals surface area contributed by atoms with Crippen molar-refractivity contribution in [2.24, 2.45) is 21.1 Å². The van der Waals surface area contributed by atoms with Gasteiger partial charge in [0.1, 0.15) is 0 Å². The summed E-state index contributed by atoms with van der Waals surface area (Å²) in [7, 11) is 0. The third kappa shape index (κ3) is 3.13. The lowest BCUT2D eigenvalue weighted by Gasteiger charge is -2.24. The molecule has 1 aliphatic carbocycles. The van der Waals surface area contributed by atoms with Gasteiger partial charge in [0, 0.05) is 30.8 Å². The van der Waals surface area contributed by atoms with Crippen molar-refractivity contribution < 1.29 is 9.59 Å². The first-order valence-corrected chi connectivity index (χ1v) is 7.67. The van der Waals surface area contributed by atoms with Crippen molar-refractivity contribution in [3.63, 3.8) is 0 Å². The predicted octanol–water partition coefficient (Wildman–Crippen LogP) is 1.10. The maximum atomic E-state index is 11.7. The van der Waals surface area contributed by atoms with Crippen molar-refractivity contribution in [2.75, 3.05) is 13.1 Å². The van der Waals surface area contributed by atoms with Gasteiger partial charge in [-0.05, 0) is 25.3 Å². The fourth-order valence-electron chi connectivity index (χ4n) is 2.53. The molecule has 0 radical (unpaired) electrons. The maximum Gasteiger partial charge on any atom is 0.293 e. The van der Waals surface area contributed by atoms with Gasteiger partial charge in [0.05, 0.1) is 0 Å². The van der Waals surface area contributed by atoms with Crippen LogP contribution >= 0.6 is 0 Å². The van der Waals surface area contributed by atoms with Crippen LogP contribution in [0.1, 0.15) is 25.7 Å². The molecule has 116 valence electrons. The number of allylic oxidation sites excluding steroid dienone is 1. The minimum absolute atomic E-state index is 0.167.